The van der Waals surface area contributed by atoms with Gasteiger partial charge in [-0.05, 0) is 12.3 Å². The van der Waals surface area contributed by atoms with Crippen molar-refractivity contribution in [2.75, 3.05) is 18.4 Å². The first-order valence-corrected chi connectivity index (χ1v) is 6.47. The van der Waals surface area contributed by atoms with Crippen molar-refractivity contribution in [3.8, 4) is 0 Å². The normalized spacial score (nSPS) is 10.4. The van der Waals surface area contributed by atoms with Gasteiger partial charge in [-0.3, -0.25) is 4.79 Å². The number of amides is 1. The van der Waals surface area contributed by atoms with Crippen molar-refractivity contribution in [2.45, 2.75) is 33.6 Å². The van der Waals surface area contributed by atoms with Crippen molar-refractivity contribution in [1.29, 1.82) is 0 Å². The van der Waals surface area contributed by atoms with Crippen LogP contribution in [0.1, 0.15) is 44.0 Å². The second-order valence-electron chi connectivity index (χ2n) is 4.68. The number of rotatable bonds is 7. The van der Waals surface area contributed by atoms with E-state index in [0.717, 1.165) is 19.4 Å². The molecule has 0 atom stereocenters. The molecule has 0 saturated heterocycles. The Morgan fingerprint density at radius 2 is 2.00 bits per heavy atom. The molecule has 18 heavy (non-hydrogen) atoms. The number of nitrogens with one attached hydrogen (secondary N) is 2. The van der Waals surface area contributed by atoms with Crippen LogP contribution in [-0.4, -0.2) is 29.0 Å². The lowest BCUT2D eigenvalue weighted by Gasteiger charge is -2.08. The Morgan fingerprint density at radius 3 is 2.56 bits per heavy atom. The second-order valence-corrected chi connectivity index (χ2v) is 4.68. The standard InChI is InChI=1S/C13H22N4O/c1-4-5-6-14-13-16-8-11(9-17-13)12(18)15-7-10(2)3/h8-10H,4-7H2,1-3H3,(H,15,18)(H,14,16,17). The number of carbonyl (C=O) groups excluding carboxylic acids is 1. The minimum absolute atomic E-state index is 0.121. The van der Waals surface area contributed by atoms with Crippen LogP contribution in [0.5, 0.6) is 0 Å². The number of hydrogen-bond acceptors (Lipinski definition) is 4. The third-order valence-electron chi connectivity index (χ3n) is 2.40. The Kier molecular flexibility index (Phi) is 6.11. The van der Waals surface area contributed by atoms with Crippen LogP contribution in [0.4, 0.5) is 5.95 Å². The summed E-state index contributed by atoms with van der Waals surface area (Å²) in [7, 11) is 0. The zero-order valence-electron chi connectivity index (χ0n) is 11.4. The maximum Gasteiger partial charge on any atom is 0.254 e. The molecule has 100 valence electrons. The van der Waals surface area contributed by atoms with E-state index in [4.69, 9.17) is 0 Å². The van der Waals surface area contributed by atoms with Crippen molar-refractivity contribution in [1.82, 2.24) is 15.3 Å². The highest BCUT2D eigenvalue weighted by Crippen LogP contribution is 2.01. The highest BCUT2D eigenvalue weighted by atomic mass is 16.1. The van der Waals surface area contributed by atoms with Crippen LogP contribution in [0.15, 0.2) is 12.4 Å². The van der Waals surface area contributed by atoms with E-state index in [9.17, 15) is 4.79 Å². The van der Waals surface area contributed by atoms with Crippen LogP contribution in [-0.2, 0) is 0 Å². The van der Waals surface area contributed by atoms with Gasteiger partial charge in [-0.25, -0.2) is 9.97 Å². The maximum absolute atomic E-state index is 11.7. The lowest BCUT2D eigenvalue weighted by atomic mass is 10.2. The molecule has 0 bridgehead atoms. The Morgan fingerprint density at radius 1 is 1.33 bits per heavy atom. The summed E-state index contributed by atoms with van der Waals surface area (Å²) in [5.74, 6) is 0.887. The van der Waals surface area contributed by atoms with E-state index in [1.165, 1.54) is 0 Å². The molecule has 1 amide bonds. The molecule has 0 aliphatic heterocycles. The molecule has 1 aromatic rings. The smallest absolute Gasteiger partial charge is 0.254 e. The van der Waals surface area contributed by atoms with E-state index >= 15 is 0 Å². The number of nitrogens with zero attached hydrogens (tertiary/aromatic N) is 2. The molecule has 5 heteroatoms. The molecule has 0 unspecified atom stereocenters. The van der Waals surface area contributed by atoms with Crippen molar-refractivity contribution in [2.24, 2.45) is 5.92 Å². The molecule has 0 radical (unpaired) electrons. The predicted octanol–water partition coefficient (Wildman–Crippen LogP) is 2.07. The zero-order valence-corrected chi connectivity index (χ0v) is 11.4. The summed E-state index contributed by atoms with van der Waals surface area (Å²) in [4.78, 5) is 19.9. The monoisotopic (exact) mass is 250 g/mol. The summed E-state index contributed by atoms with van der Waals surface area (Å²) in [6, 6.07) is 0. The summed E-state index contributed by atoms with van der Waals surface area (Å²) >= 11 is 0. The summed E-state index contributed by atoms with van der Waals surface area (Å²) in [6.07, 6.45) is 5.32. The third-order valence-corrected chi connectivity index (χ3v) is 2.40. The van der Waals surface area contributed by atoms with Gasteiger partial charge in [0.25, 0.3) is 5.91 Å². The molecule has 1 rings (SSSR count). The quantitative estimate of drug-likeness (QED) is 0.727. The van der Waals surface area contributed by atoms with Gasteiger partial charge < -0.3 is 10.6 Å². The molecule has 5 nitrogen and oxygen atoms in total. The number of unbranched alkanes of at least 4 members (excludes halogenated alkanes) is 1. The highest BCUT2D eigenvalue weighted by Gasteiger charge is 2.07. The van der Waals surface area contributed by atoms with Gasteiger partial charge in [-0.2, -0.15) is 0 Å². The van der Waals surface area contributed by atoms with Crippen LogP contribution < -0.4 is 10.6 Å². The summed E-state index contributed by atoms with van der Waals surface area (Å²) in [5.41, 5.74) is 0.497. The molecular weight excluding hydrogens is 228 g/mol. The van der Waals surface area contributed by atoms with Crippen LogP contribution in [0.3, 0.4) is 0 Å². The molecule has 0 fully saturated rings. The van der Waals surface area contributed by atoms with Gasteiger partial charge in [0.2, 0.25) is 5.95 Å². The van der Waals surface area contributed by atoms with E-state index < -0.39 is 0 Å². The van der Waals surface area contributed by atoms with Gasteiger partial charge in [0, 0.05) is 25.5 Å². The molecule has 0 spiro atoms. The summed E-state index contributed by atoms with van der Waals surface area (Å²) in [6.45, 7) is 7.75. The summed E-state index contributed by atoms with van der Waals surface area (Å²) < 4.78 is 0. The number of aromatic nitrogens is 2. The van der Waals surface area contributed by atoms with Crippen LogP contribution >= 0.6 is 0 Å². The number of hydrogen-bond donors (Lipinski definition) is 2. The van der Waals surface area contributed by atoms with Crippen LogP contribution in [0.25, 0.3) is 0 Å². The topological polar surface area (TPSA) is 66.9 Å². The summed E-state index contributed by atoms with van der Waals surface area (Å²) in [5, 5.41) is 5.94. The first-order valence-electron chi connectivity index (χ1n) is 6.47. The number of carbonyl (C=O) groups is 1. The minimum atomic E-state index is -0.121. The van der Waals surface area contributed by atoms with Crippen molar-refractivity contribution >= 4 is 11.9 Å². The van der Waals surface area contributed by atoms with Gasteiger partial charge in [0.05, 0.1) is 5.56 Å². The van der Waals surface area contributed by atoms with E-state index in [0.29, 0.717) is 24.0 Å². The lowest BCUT2D eigenvalue weighted by molar-refractivity contribution is 0.0948. The Labute approximate surface area is 108 Å². The second kappa shape index (κ2) is 7.63. The predicted molar refractivity (Wildman–Crippen MR) is 72.6 cm³/mol. The van der Waals surface area contributed by atoms with Crippen molar-refractivity contribution < 1.29 is 4.79 Å². The van der Waals surface area contributed by atoms with Crippen LogP contribution in [0.2, 0.25) is 0 Å². The largest absolute Gasteiger partial charge is 0.354 e. The minimum Gasteiger partial charge on any atom is -0.354 e. The molecule has 0 aliphatic carbocycles. The highest BCUT2D eigenvalue weighted by molar-refractivity contribution is 5.93. The fourth-order valence-electron chi connectivity index (χ4n) is 1.31. The SMILES string of the molecule is CCCCNc1ncc(C(=O)NCC(C)C)cn1. The van der Waals surface area contributed by atoms with Crippen molar-refractivity contribution in [3.05, 3.63) is 18.0 Å². The average molecular weight is 250 g/mol. The van der Waals surface area contributed by atoms with Gasteiger partial charge in [0.1, 0.15) is 0 Å². The van der Waals surface area contributed by atoms with Crippen molar-refractivity contribution in [3.63, 3.8) is 0 Å². The van der Waals surface area contributed by atoms with Gasteiger partial charge in [-0.1, -0.05) is 27.2 Å². The molecule has 0 saturated carbocycles. The Balaban J connectivity index is 2.46. The van der Waals surface area contributed by atoms with E-state index in [-0.39, 0.29) is 5.91 Å². The molecule has 0 aliphatic rings. The van der Waals surface area contributed by atoms with Gasteiger partial charge in [-0.15, -0.1) is 0 Å². The molecule has 2 N–H and O–H groups in total. The maximum atomic E-state index is 11.7. The molecule has 1 aromatic heterocycles. The van der Waals surface area contributed by atoms with Crippen LogP contribution in [0, 0.1) is 5.92 Å². The fraction of sp³-hybridized carbons (Fsp3) is 0.615. The molecular formula is C13H22N4O. The Bertz CT molecular complexity index is 362. The van der Waals surface area contributed by atoms with E-state index in [1.807, 2.05) is 0 Å². The molecule has 0 aromatic carbocycles. The number of anilines is 1. The molecule has 1 heterocycles. The lowest BCUT2D eigenvalue weighted by Crippen LogP contribution is -2.27. The fourth-order valence-corrected chi connectivity index (χ4v) is 1.31. The van der Waals surface area contributed by atoms with E-state index in [2.05, 4.69) is 41.4 Å². The van der Waals surface area contributed by atoms with E-state index in [1.54, 1.807) is 12.4 Å². The average Bonchev–Trinajstić information content (AvgIpc) is 2.37. The van der Waals surface area contributed by atoms with Gasteiger partial charge in [0.15, 0.2) is 0 Å². The first kappa shape index (κ1) is 14.4. The van der Waals surface area contributed by atoms with Gasteiger partial charge >= 0.3 is 0 Å². The Hall–Kier alpha value is -1.65. The zero-order chi connectivity index (χ0) is 13.4. The third kappa shape index (κ3) is 5.12. The first-order chi connectivity index (χ1) is 8.63.